The second-order valence-corrected chi connectivity index (χ2v) is 9.25. The van der Waals surface area contributed by atoms with E-state index in [-0.39, 0.29) is 22.7 Å². The van der Waals surface area contributed by atoms with Crippen LogP contribution >= 0.6 is 11.3 Å². The molecule has 2 atom stereocenters. The highest BCUT2D eigenvalue weighted by molar-refractivity contribution is 7.08. The minimum Gasteiger partial charge on any atom is -0.489 e. The fourth-order valence-corrected chi connectivity index (χ4v) is 4.94. The van der Waals surface area contributed by atoms with Gasteiger partial charge >= 0.3 is 4.87 Å². The Kier molecular flexibility index (Phi) is 6.37. The van der Waals surface area contributed by atoms with Crippen molar-refractivity contribution >= 4 is 28.1 Å². The Morgan fingerprint density at radius 2 is 2.06 bits per heavy atom. The van der Waals surface area contributed by atoms with Gasteiger partial charge in [-0.3, -0.25) is 14.6 Å². The normalized spacial score (nSPS) is 18.0. The molecule has 2 unspecified atom stereocenters. The van der Waals surface area contributed by atoms with Crippen molar-refractivity contribution in [3.05, 3.63) is 86.1 Å². The molecule has 0 radical (unpaired) electrons. The summed E-state index contributed by atoms with van der Waals surface area (Å²) < 4.78 is 11.6. The Bertz CT molecular complexity index is 1370. The molecule has 8 nitrogen and oxygen atoms in total. The van der Waals surface area contributed by atoms with Gasteiger partial charge in [0.2, 0.25) is 0 Å². The average molecular weight is 477 g/mol. The number of pyridine rings is 1. The molecule has 3 heterocycles. The monoisotopic (exact) mass is 476 g/mol. The number of ether oxygens (including phenoxy) is 2. The first kappa shape index (κ1) is 22.2. The zero-order valence-corrected chi connectivity index (χ0v) is 19.4. The lowest BCUT2D eigenvalue weighted by Gasteiger charge is -2.30. The van der Waals surface area contributed by atoms with E-state index in [1.165, 1.54) is 0 Å². The van der Waals surface area contributed by atoms with Crippen molar-refractivity contribution in [2.24, 2.45) is 0 Å². The zero-order chi connectivity index (χ0) is 23.5. The van der Waals surface area contributed by atoms with Crippen LogP contribution < -0.4 is 14.9 Å². The van der Waals surface area contributed by atoms with Crippen LogP contribution in [0.2, 0.25) is 0 Å². The summed E-state index contributed by atoms with van der Waals surface area (Å²) in [4.78, 5) is 28.7. The number of hydrogen-bond acceptors (Lipinski definition) is 7. The Balaban J connectivity index is 1.24. The van der Waals surface area contributed by atoms with Crippen molar-refractivity contribution in [1.82, 2.24) is 20.5 Å². The van der Waals surface area contributed by atoms with Gasteiger partial charge in [-0.1, -0.05) is 29.5 Å². The van der Waals surface area contributed by atoms with Crippen LogP contribution in [0, 0.1) is 6.92 Å². The molecule has 1 amide bonds. The first-order valence-electron chi connectivity index (χ1n) is 11.1. The highest BCUT2D eigenvalue weighted by Gasteiger charge is 2.31. The molecular formula is C25H24N4O4S. The molecule has 0 aliphatic carbocycles. The predicted octanol–water partition coefficient (Wildman–Crippen LogP) is 3.57. The molecule has 1 aliphatic heterocycles. The number of aryl methyl sites for hydroxylation is 1. The van der Waals surface area contributed by atoms with Crippen LogP contribution in [0.15, 0.2) is 59.4 Å². The van der Waals surface area contributed by atoms with Gasteiger partial charge in [-0.15, -0.1) is 0 Å². The van der Waals surface area contributed by atoms with Crippen molar-refractivity contribution in [2.75, 3.05) is 13.2 Å². The number of aromatic nitrogens is 3. The Morgan fingerprint density at radius 1 is 1.24 bits per heavy atom. The summed E-state index contributed by atoms with van der Waals surface area (Å²) in [7, 11) is 0. The molecule has 174 valence electrons. The second kappa shape index (κ2) is 9.74. The maximum atomic E-state index is 12.9. The van der Waals surface area contributed by atoms with Gasteiger partial charge in [0.05, 0.1) is 18.0 Å². The highest BCUT2D eigenvalue weighted by Crippen LogP contribution is 2.26. The molecule has 5 rings (SSSR count). The van der Waals surface area contributed by atoms with Crippen molar-refractivity contribution in [1.29, 1.82) is 0 Å². The summed E-state index contributed by atoms with van der Waals surface area (Å²) in [6, 6.07) is 17.0. The molecule has 1 aliphatic rings. The SMILES string of the molecule is Cc1cc(COc2ccc(C(=O)NC3CCOCC3c3n[nH]c(=O)s3)cc2)c2ccccc2n1. The van der Waals surface area contributed by atoms with Crippen molar-refractivity contribution in [3.8, 4) is 5.75 Å². The van der Waals surface area contributed by atoms with Crippen LogP contribution in [0.3, 0.4) is 0 Å². The molecule has 1 fully saturated rings. The molecule has 34 heavy (non-hydrogen) atoms. The summed E-state index contributed by atoms with van der Waals surface area (Å²) in [6.07, 6.45) is 0.657. The summed E-state index contributed by atoms with van der Waals surface area (Å²) in [5.41, 5.74) is 3.49. The van der Waals surface area contributed by atoms with Gasteiger partial charge in [0.25, 0.3) is 5.91 Å². The van der Waals surface area contributed by atoms with Crippen molar-refractivity contribution < 1.29 is 14.3 Å². The number of carbonyl (C=O) groups excluding carboxylic acids is 1. The number of H-pyrrole nitrogens is 1. The minimum absolute atomic E-state index is 0.150. The number of benzene rings is 2. The lowest BCUT2D eigenvalue weighted by atomic mass is 9.96. The molecule has 0 bridgehead atoms. The number of nitrogens with one attached hydrogen (secondary N) is 2. The number of amides is 1. The van der Waals surface area contributed by atoms with Crippen molar-refractivity contribution in [2.45, 2.75) is 31.9 Å². The highest BCUT2D eigenvalue weighted by atomic mass is 32.1. The topological polar surface area (TPSA) is 106 Å². The third-order valence-corrected chi connectivity index (χ3v) is 6.77. The first-order valence-corrected chi connectivity index (χ1v) is 11.9. The molecular weight excluding hydrogens is 452 g/mol. The van der Waals surface area contributed by atoms with E-state index in [1.54, 1.807) is 24.3 Å². The molecule has 2 N–H and O–H groups in total. The van der Waals surface area contributed by atoms with E-state index in [9.17, 15) is 9.59 Å². The quantitative estimate of drug-likeness (QED) is 0.441. The van der Waals surface area contributed by atoms with Gasteiger partial charge in [0.15, 0.2) is 0 Å². The number of carbonyl (C=O) groups is 1. The largest absolute Gasteiger partial charge is 0.489 e. The van der Waals surface area contributed by atoms with Gasteiger partial charge in [-0.05, 0) is 49.7 Å². The first-order chi connectivity index (χ1) is 16.6. The molecule has 9 heteroatoms. The number of nitrogens with zero attached hydrogens (tertiary/aromatic N) is 2. The van der Waals surface area contributed by atoms with Gasteiger partial charge in [-0.25, -0.2) is 5.10 Å². The van der Waals surface area contributed by atoms with E-state index in [2.05, 4.69) is 20.5 Å². The van der Waals surface area contributed by atoms with Gasteiger partial charge < -0.3 is 14.8 Å². The Hall–Kier alpha value is -3.56. The van der Waals surface area contributed by atoms with E-state index in [0.717, 1.165) is 33.5 Å². The average Bonchev–Trinajstić information content (AvgIpc) is 3.29. The third-order valence-electron chi connectivity index (χ3n) is 5.89. The number of rotatable bonds is 6. The molecule has 4 aromatic rings. The molecule has 1 saturated heterocycles. The summed E-state index contributed by atoms with van der Waals surface area (Å²) >= 11 is 1.05. The second-order valence-electron chi connectivity index (χ2n) is 8.25. The maximum Gasteiger partial charge on any atom is 0.322 e. The smallest absolute Gasteiger partial charge is 0.322 e. The van der Waals surface area contributed by atoms with Crippen LogP contribution in [0.4, 0.5) is 0 Å². The molecule has 0 saturated carbocycles. The minimum atomic E-state index is -0.212. The molecule has 0 spiro atoms. The lowest BCUT2D eigenvalue weighted by molar-refractivity contribution is 0.0554. The van der Waals surface area contributed by atoms with Gasteiger partial charge in [0.1, 0.15) is 17.4 Å². The Labute approximate surface area is 200 Å². The number of fused-ring (bicyclic) bond motifs is 1. The van der Waals surface area contributed by atoms with E-state index in [4.69, 9.17) is 9.47 Å². The fourth-order valence-electron chi connectivity index (χ4n) is 4.18. The summed E-state index contributed by atoms with van der Waals surface area (Å²) in [5, 5.41) is 11.3. The van der Waals surface area contributed by atoms with Gasteiger partial charge in [-0.2, -0.15) is 5.10 Å². The number of para-hydroxylation sites is 1. The fraction of sp³-hybridized carbons (Fsp3) is 0.280. The molecule has 2 aromatic carbocycles. The van der Waals surface area contributed by atoms with Crippen LogP contribution in [0.25, 0.3) is 10.9 Å². The van der Waals surface area contributed by atoms with Crippen molar-refractivity contribution in [3.63, 3.8) is 0 Å². The van der Waals surface area contributed by atoms with Crippen LogP contribution in [-0.4, -0.2) is 40.3 Å². The van der Waals surface area contributed by atoms with E-state index < -0.39 is 0 Å². The summed E-state index contributed by atoms with van der Waals surface area (Å²) in [5.74, 6) is 0.352. The van der Waals surface area contributed by atoms with Crippen LogP contribution in [0.5, 0.6) is 5.75 Å². The molecule has 2 aromatic heterocycles. The third kappa shape index (κ3) is 4.85. The maximum absolute atomic E-state index is 12.9. The van der Waals surface area contributed by atoms with E-state index in [1.807, 2.05) is 37.3 Å². The number of hydrogen-bond donors (Lipinski definition) is 2. The van der Waals surface area contributed by atoms with Crippen LogP contribution in [0.1, 0.15) is 39.0 Å². The Morgan fingerprint density at radius 3 is 2.85 bits per heavy atom. The van der Waals surface area contributed by atoms with E-state index in [0.29, 0.717) is 42.6 Å². The van der Waals surface area contributed by atoms with Gasteiger partial charge in [0, 0.05) is 34.9 Å². The van der Waals surface area contributed by atoms with Crippen LogP contribution in [-0.2, 0) is 11.3 Å². The standard InChI is InChI=1S/C25H24N4O4S/c1-15-12-17(19-4-2-3-5-21(19)26-15)13-33-18-8-6-16(7-9-18)23(30)27-22-10-11-32-14-20(22)24-28-29-25(31)34-24/h2-9,12,20,22H,10-11,13-14H2,1H3,(H,27,30)(H,29,31). The number of aromatic amines is 1. The predicted molar refractivity (Wildman–Crippen MR) is 129 cm³/mol. The zero-order valence-electron chi connectivity index (χ0n) is 18.6. The van der Waals surface area contributed by atoms with E-state index >= 15 is 0 Å². The lowest BCUT2D eigenvalue weighted by Crippen LogP contribution is -2.44. The summed E-state index contributed by atoms with van der Waals surface area (Å²) in [6.45, 7) is 3.35.